The number of ketones is 2. The van der Waals surface area contributed by atoms with Gasteiger partial charge in [-0.3, -0.25) is 9.59 Å². The van der Waals surface area contributed by atoms with Gasteiger partial charge >= 0.3 is 0 Å². The molecule has 100 valence electrons. The molecule has 1 unspecified atom stereocenters. The number of carbonyl (C=O) groups is 2. The summed E-state index contributed by atoms with van der Waals surface area (Å²) in [5.74, 6) is -0.610. The van der Waals surface area contributed by atoms with Gasteiger partial charge in [-0.25, -0.2) is 0 Å². The van der Waals surface area contributed by atoms with Crippen LogP contribution in [0.1, 0.15) is 32.7 Å². The smallest absolute Gasteiger partial charge is 0.173 e. The molecule has 3 rings (SSSR count). The lowest BCUT2D eigenvalue weighted by atomic mass is 9.79. The molecule has 0 spiro atoms. The predicted octanol–water partition coefficient (Wildman–Crippen LogP) is 3.92. The molecule has 0 N–H and O–H groups in total. The third kappa shape index (κ3) is 2.42. The highest BCUT2D eigenvalue weighted by molar-refractivity contribution is 14.1. The Morgan fingerprint density at radius 1 is 1.05 bits per heavy atom. The third-order valence-corrected chi connectivity index (χ3v) is 4.47. The largest absolute Gasteiger partial charge is 0.293 e. The van der Waals surface area contributed by atoms with E-state index in [4.69, 9.17) is 0 Å². The molecule has 1 atom stereocenters. The summed E-state index contributed by atoms with van der Waals surface area (Å²) in [4.78, 5) is 25.0. The minimum atomic E-state index is -0.523. The number of hydrogen-bond donors (Lipinski definition) is 0. The molecule has 0 radical (unpaired) electrons. The second kappa shape index (κ2) is 5.48. The van der Waals surface area contributed by atoms with Gasteiger partial charge in [0.05, 0.1) is 5.92 Å². The average Bonchev–Trinajstić information content (AvgIpc) is 2.48. The van der Waals surface area contributed by atoms with Gasteiger partial charge in [-0.05, 0) is 53.1 Å². The van der Waals surface area contributed by atoms with E-state index in [-0.39, 0.29) is 11.6 Å². The van der Waals surface area contributed by atoms with Crippen molar-refractivity contribution >= 4 is 34.2 Å². The number of fused-ring (bicyclic) bond motifs is 1. The molecule has 1 aliphatic rings. The first-order valence-corrected chi connectivity index (χ1v) is 7.66. The lowest BCUT2D eigenvalue weighted by Crippen LogP contribution is -2.29. The van der Waals surface area contributed by atoms with Crippen molar-refractivity contribution in [1.29, 1.82) is 0 Å². The van der Waals surface area contributed by atoms with Gasteiger partial charge in [0.15, 0.2) is 11.6 Å². The van der Waals surface area contributed by atoms with Crippen LogP contribution < -0.4 is 0 Å². The summed E-state index contributed by atoms with van der Waals surface area (Å²) < 4.78 is 1.08. The molecule has 1 aliphatic carbocycles. The Kier molecular flexibility index (Phi) is 3.70. The predicted molar refractivity (Wildman–Crippen MR) is 86.1 cm³/mol. The van der Waals surface area contributed by atoms with Gasteiger partial charge in [0, 0.05) is 14.7 Å². The van der Waals surface area contributed by atoms with Crippen LogP contribution in [0.25, 0.3) is 0 Å². The van der Waals surface area contributed by atoms with E-state index < -0.39 is 5.92 Å². The van der Waals surface area contributed by atoms with Crippen LogP contribution in [-0.4, -0.2) is 11.6 Å². The molecule has 0 amide bonds. The van der Waals surface area contributed by atoms with Crippen LogP contribution in [-0.2, 0) is 6.42 Å². The molecule has 0 aromatic heterocycles. The van der Waals surface area contributed by atoms with Crippen LogP contribution in [0.5, 0.6) is 0 Å². The number of Topliss-reactive ketones (excluding diaryl/α,β-unsaturated/α-hetero) is 2. The summed E-state index contributed by atoms with van der Waals surface area (Å²) >= 11 is 2.20. The number of aryl methyl sites for hydroxylation is 1. The van der Waals surface area contributed by atoms with Crippen LogP contribution in [0.4, 0.5) is 0 Å². The maximum absolute atomic E-state index is 12.5. The van der Waals surface area contributed by atoms with Gasteiger partial charge in [-0.1, -0.05) is 36.4 Å². The average molecular weight is 376 g/mol. The fraction of sp³-hybridized carbons (Fsp3) is 0.176. The quantitative estimate of drug-likeness (QED) is 0.452. The first kappa shape index (κ1) is 13.5. The van der Waals surface area contributed by atoms with E-state index in [0.29, 0.717) is 17.5 Å². The SMILES string of the molecule is O=C(c1ccc(I)cc1)C1CCc2ccccc2C1=O. The second-order valence-electron chi connectivity index (χ2n) is 4.98. The van der Waals surface area contributed by atoms with E-state index >= 15 is 0 Å². The number of rotatable bonds is 2. The summed E-state index contributed by atoms with van der Waals surface area (Å²) in [6.07, 6.45) is 1.41. The Balaban J connectivity index is 1.91. The van der Waals surface area contributed by atoms with Crippen molar-refractivity contribution in [2.75, 3.05) is 0 Å². The molecule has 2 aromatic rings. The minimum absolute atomic E-state index is 0.0320. The lowest BCUT2D eigenvalue weighted by molar-refractivity contribution is 0.0790. The van der Waals surface area contributed by atoms with Crippen LogP contribution in [0, 0.1) is 9.49 Å². The number of hydrogen-bond acceptors (Lipinski definition) is 2. The molecular formula is C17H13IO2. The Bertz CT molecular complexity index is 674. The van der Waals surface area contributed by atoms with Gasteiger partial charge in [-0.2, -0.15) is 0 Å². The summed E-state index contributed by atoms with van der Waals surface area (Å²) in [5, 5.41) is 0. The lowest BCUT2D eigenvalue weighted by Gasteiger charge is -2.22. The standard InChI is InChI=1S/C17H13IO2/c18-13-8-5-12(6-9-13)16(19)15-10-7-11-3-1-2-4-14(11)17(15)20/h1-6,8-9,15H,7,10H2. The van der Waals surface area contributed by atoms with Gasteiger partial charge in [-0.15, -0.1) is 0 Å². The molecule has 2 aromatic carbocycles. The zero-order valence-electron chi connectivity index (χ0n) is 10.8. The van der Waals surface area contributed by atoms with Gasteiger partial charge in [0.1, 0.15) is 0 Å². The fourth-order valence-electron chi connectivity index (χ4n) is 2.66. The fourth-order valence-corrected chi connectivity index (χ4v) is 3.02. The minimum Gasteiger partial charge on any atom is -0.293 e. The second-order valence-corrected chi connectivity index (χ2v) is 6.23. The number of benzene rings is 2. The number of halogens is 1. The monoisotopic (exact) mass is 376 g/mol. The Morgan fingerprint density at radius 3 is 2.50 bits per heavy atom. The topological polar surface area (TPSA) is 34.1 Å². The molecule has 0 heterocycles. The first-order chi connectivity index (χ1) is 9.66. The highest BCUT2D eigenvalue weighted by atomic mass is 127. The zero-order valence-corrected chi connectivity index (χ0v) is 13.0. The molecule has 0 aliphatic heterocycles. The van der Waals surface area contributed by atoms with Crippen molar-refractivity contribution in [2.24, 2.45) is 5.92 Å². The van der Waals surface area contributed by atoms with Crippen molar-refractivity contribution in [1.82, 2.24) is 0 Å². The summed E-state index contributed by atoms with van der Waals surface area (Å²) in [5.41, 5.74) is 2.40. The summed E-state index contributed by atoms with van der Waals surface area (Å²) in [6.45, 7) is 0. The Morgan fingerprint density at radius 2 is 1.75 bits per heavy atom. The summed E-state index contributed by atoms with van der Waals surface area (Å²) in [6, 6.07) is 15.0. The Hall–Kier alpha value is -1.49. The van der Waals surface area contributed by atoms with E-state index in [1.807, 2.05) is 36.4 Å². The Labute approximate surface area is 131 Å². The molecule has 2 nitrogen and oxygen atoms in total. The van der Waals surface area contributed by atoms with Crippen LogP contribution in [0.3, 0.4) is 0 Å². The van der Waals surface area contributed by atoms with Crippen molar-refractivity contribution in [3.8, 4) is 0 Å². The maximum Gasteiger partial charge on any atom is 0.173 e. The zero-order chi connectivity index (χ0) is 14.1. The van der Waals surface area contributed by atoms with Crippen molar-refractivity contribution in [3.63, 3.8) is 0 Å². The summed E-state index contributed by atoms with van der Waals surface area (Å²) in [7, 11) is 0. The van der Waals surface area contributed by atoms with Crippen LogP contribution in [0.15, 0.2) is 48.5 Å². The molecule has 0 fully saturated rings. The van der Waals surface area contributed by atoms with Crippen LogP contribution in [0.2, 0.25) is 0 Å². The van der Waals surface area contributed by atoms with Crippen molar-refractivity contribution in [2.45, 2.75) is 12.8 Å². The van der Waals surface area contributed by atoms with Gasteiger partial charge in [0.2, 0.25) is 0 Å². The van der Waals surface area contributed by atoms with Crippen molar-refractivity contribution < 1.29 is 9.59 Å². The molecule has 3 heteroatoms. The van der Waals surface area contributed by atoms with Crippen LogP contribution >= 0.6 is 22.6 Å². The maximum atomic E-state index is 12.5. The molecule has 0 saturated carbocycles. The van der Waals surface area contributed by atoms with E-state index in [0.717, 1.165) is 15.6 Å². The number of carbonyl (C=O) groups excluding carboxylic acids is 2. The molecule has 0 bridgehead atoms. The van der Waals surface area contributed by atoms with E-state index in [1.165, 1.54) is 0 Å². The normalized spacial score (nSPS) is 17.6. The molecular weight excluding hydrogens is 363 g/mol. The van der Waals surface area contributed by atoms with E-state index in [2.05, 4.69) is 22.6 Å². The van der Waals surface area contributed by atoms with Crippen molar-refractivity contribution in [3.05, 3.63) is 68.8 Å². The highest BCUT2D eigenvalue weighted by Crippen LogP contribution is 2.28. The molecule has 0 saturated heterocycles. The van der Waals surface area contributed by atoms with Gasteiger partial charge < -0.3 is 0 Å². The first-order valence-electron chi connectivity index (χ1n) is 6.59. The highest BCUT2D eigenvalue weighted by Gasteiger charge is 2.32. The van der Waals surface area contributed by atoms with Gasteiger partial charge in [0.25, 0.3) is 0 Å². The molecule has 20 heavy (non-hydrogen) atoms. The third-order valence-electron chi connectivity index (χ3n) is 3.75. The van der Waals surface area contributed by atoms with E-state index in [9.17, 15) is 9.59 Å². The van der Waals surface area contributed by atoms with E-state index in [1.54, 1.807) is 12.1 Å².